The van der Waals surface area contributed by atoms with Gasteiger partial charge in [0.25, 0.3) is 0 Å². The van der Waals surface area contributed by atoms with Gasteiger partial charge in [-0.2, -0.15) is 0 Å². The van der Waals surface area contributed by atoms with E-state index in [0.29, 0.717) is 25.7 Å². The second-order valence-electron chi connectivity index (χ2n) is 3.73. The van der Waals surface area contributed by atoms with Crippen LogP contribution in [0, 0.1) is 10.1 Å². The molecule has 1 aromatic rings. The van der Waals surface area contributed by atoms with Crippen molar-refractivity contribution in [2.24, 2.45) is 0 Å². The Kier molecular flexibility index (Phi) is 5.79. The van der Waals surface area contributed by atoms with Gasteiger partial charge < -0.3 is 9.84 Å². The van der Waals surface area contributed by atoms with E-state index in [2.05, 4.69) is 0 Å². The van der Waals surface area contributed by atoms with E-state index in [9.17, 15) is 14.9 Å². The summed E-state index contributed by atoms with van der Waals surface area (Å²) in [4.78, 5) is 20.8. The first-order valence-corrected chi connectivity index (χ1v) is 5.66. The molecule has 0 heterocycles. The van der Waals surface area contributed by atoms with Gasteiger partial charge in [0, 0.05) is 18.2 Å². The van der Waals surface area contributed by atoms with Crippen molar-refractivity contribution in [1.29, 1.82) is 0 Å². The lowest BCUT2D eigenvalue weighted by Crippen LogP contribution is -2.01. The van der Waals surface area contributed by atoms with Crippen LogP contribution in [0.1, 0.15) is 29.6 Å². The van der Waals surface area contributed by atoms with Gasteiger partial charge in [0.2, 0.25) is 0 Å². The number of aliphatic hydroxyl groups excluding tert-OH is 1. The summed E-state index contributed by atoms with van der Waals surface area (Å²) >= 11 is 0. The molecule has 0 aliphatic carbocycles. The van der Waals surface area contributed by atoms with Gasteiger partial charge in [-0.25, -0.2) is 0 Å². The van der Waals surface area contributed by atoms with Crippen LogP contribution in [-0.2, 0) is 0 Å². The lowest BCUT2D eigenvalue weighted by molar-refractivity contribution is -0.385. The van der Waals surface area contributed by atoms with E-state index in [1.54, 1.807) is 0 Å². The molecule has 0 atom stereocenters. The molecule has 0 aromatic heterocycles. The smallest absolute Gasteiger partial charge is 0.311 e. The van der Waals surface area contributed by atoms with Crippen molar-refractivity contribution in [3.63, 3.8) is 0 Å². The van der Waals surface area contributed by atoms with E-state index in [0.717, 1.165) is 6.42 Å². The zero-order valence-electron chi connectivity index (χ0n) is 9.87. The molecule has 6 heteroatoms. The van der Waals surface area contributed by atoms with Crippen molar-refractivity contribution >= 4 is 12.0 Å². The van der Waals surface area contributed by atoms with Gasteiger partial charge in [0.05, 0.1) is 11.5 Å². The summed E-state index contributed by atoms with van der Waals surface area (Å²) in [5.74, 6) is 0.162. The summed E-state index contributed by atoms with van der Waals surface area (Å²) in [7, 11) is 0. The number of unbranched alkanes of at least 4 members (excludes halogenated alkanes) is 2. The molecule has 0 radical (unpaired) electrons. The number of benzene rings is 1. The quantitative estimate of drug-likeness (QED) is 0.331. The molecule has 0 saturated carbocycles. The van der Waals surface area contributed by atoms with Gasteiger partial charge in [0.15, 0.2) is 5.75 Å². The first-order valence-electron chi connectivity index (χ1n) is 5.66. The first-order chi connectivity index (χ1) is 8.69. The van der Waals surface area contributed by atoms with Gasteiger partial charge >= 0.3 is 5.69 Å². The minimum absolute atomic E-state index is 0.133. The van der Waals surface area contributed by atoms with Gasteiger partial charge in [0.1, 0.15) is 6.29 Å². The number of rotatable bonds is 8. The molecule has 0 amide bonds. The summed E-state index contributed by atoms with van der Waals surface area (Å²) in [5, 5.41) is 19.4. The molecule has 1 aromatic carbocycles. The summed E-state index contributed by atoms with van der Waals surface area (Å²) in [6, 6.07) is 4.09. The van der Waals surface area contributed by atoms with E-state index in [1.165, 1.54) is 18.2 Å². The first kappa shape index (κ1) is 14.1. The highest BCUT2D eigenvalue weighted by Gasteiger charge is 2.15. The van der Waals surface area contributed by atoms with Crippen molar-refractivity contribution in [2.75, 3.05) is 13.2 Å². The number of carbonyl (C=O) groups excluding carboxylic acids is 1. The number of nitro groups is 1. The van der Waals surface area contributed by atoms with E-state index in [-0.39, 0.29) is 23.6 Å². The van der Waals surface area contributed by atoms with Crippen LogP contribution < -0.4 is 4.74 Å². The number of nitrogens with zero attached hydrogens (tertiary/aromatic N) is 1. The Labute approximate surface area is 104 Å². The maximum atomic E-state index is 10.8. The third kappa shape index (κ3) is 4.14. The molecule has 0 saturated heterocycles. The van der Waals surface area contributed by atoms with Crippen LogP contribution in [0.2, 0.25) is 0 Å². The van der Waals surface area contributed by atoms with Gasteiger partial charge in [-0.15, -0.1) is 0 Å². The predicted molar refractivity (Wildman–Crippen MR) is 64.9 cm³/mol. The Morgan fingerprint density at radius 1 is 1.33 bits per heavy atom. The predicted octanol–water partition coefficient (Wildman–Crippen LogP) is 1.95. The molecule has 0 aliphatic heterocycles. The number of hydrogen-bond donors (Lipinski definition) is 1. The van der Waals surface area contributed by atoms with Crippen molar-refractivity contribution in [1.82, 2.24) is 0 Å². The largest absolute Gasteiger partial charge is 0.487 e. The zero-order chi connectivity index (χ0) is 13.4. The van der Waals surface area contributed by atoms with Gasteiger partial charge in [-0.05, 0) is 31.4 Å². The zero-order valence-corrected chi connectivity index (χ0v) is 9.87. The minimum atomic E-state index is -0.573. The highest BCUT2D eigenvalue weighted by Crippen LogP contribution is 2.27. The lowest BCUT2D eigenvalue weighted by Gasteiger charge is -2.06. The van der Waals surface area contributed by atoms with E-state index in [1.807, 2.05) is 0 Å². The van der Waals surface area contributed by atoms with Crippen LogP contribution >= 0.6 is 0 Å². The third-order valence-corrected chi connectivity index (χ3v) is 2.38. The van der Waals surface area contributed by atoms with Crippen LogP contribution in [0.15, 0.2) is 18.2 Å². The summed E-state index contributed by atoms with van der Waals surface area (Å²) in [5.41, 5.74) is 0.0380. The number of hydrogen-bond acceptors (Lipinski definition) is 5. The third-order valence-electron chi connectivity index (χ3n) is 2.38. The molecule has 0 aliphatic rings. The molecule has 0 unspecified atom stereocenters. The molecule has 98 valence electrons. The van der Waals surface area contributed by atoms with Crippen LogP contribution in [0.4, 0.5) is 5.69 Å². The van der Waals surface area contributed by atoms with E-state index in [4.69, 9.17) is 9.84 Å². The molecular weight excluding hydrogens is 238 g/mol. The highest BCUT2D eigenvalue weighted by atomic mass is 16.6. The number of aldehydes is 1. The average molecular weight is 253 g/mol. The molecule has 6 nitrogen and oxygen atoms in total. The van der Waals surface area contributed by atoms with Crippen molar-refractivity contribution in [3.05, 3.63) is 33.9 Å². The Hall–Kier alpha value is -1.95. The molecule has 1 N–H and O–H groups in total. The molecule has 0 fully saturated rings. The highest BCUT2D eigenvalue weighted by molar-refractivity contribution is 5.77. The monoisotopic (exact) mass is 253 g/mol. The van der Waals surface area contributed by atoms with Crippen molar-refractivity contribution in [2.45, 2.75) is 19.3 Å². The minimum Gasteiger partial charge on any atom is -0.487 e. The Bertz CT molecular complexity index is 419. The van der Waals surface area contributed by atoms with E-state index >= 15 is 0 Å². The Morgan fingerprint density at radius 3 is 2.72 bits per heavy atom. The maximum absolute atomic E-state index is 10.8. The summed E-state index contributed by atoms with van der Waals surface area (Å²) < 4.78 is 5.31. The van der Waals surface area contributed by atoms with Crippen LogP contribution in [0.25, 0.3) is 0 Å². The number of ether oxygens (including phenoxy) is 1. The standard InChI is InChI=1S/C12H15NO5/c14-6-2-1-3-7-18-12-5-4-10(9-15)8-11(12)13(16)17/h4-5,8-9,14H,1-3,6-7H2. The number of aliphatic hydroxyl groups is 1. The summed E-state index contributed by atoms with van der Waals surface area (Å²) in [6.07, 6.45) is 2.76. The molecule has 0 spiro atoms. The fourth-order valence-corrected chi connectivity index (χ4v) is 1.45. The molecule has 1 rings (SSSR count). The van der Waals surface area contributed by atoms with Gasteiger partial charge in [-0.3, -0.25) is 14.9 Å². The molecule has 18 heavy (non-hydrogen) atoms. The number of nitro benzene ring substituents is 1. The SMILES string of the molecule is O=Cc1ccc(OCCCCCO)c([N+](=O)[O-])c1. The van der Waals surface area contributed by atoms with Crippen molar-refractivity contribution < 1.29 is 19.6 Å². The maximum Gasteiger partial charge on any atom is 0.311 e. The van der Waals surface area contributed by atoms with Crippen molar-refractivity contribution in [3.8, 4) is 5.75 Å². The van der Waals surface area contributed by atoms with Crippen LogP contribution in [0.5, 0.6) is 5.75 Å². The average Bonchev–Trinajstić information content (AvgIpc) is 2.38. The Morgan fingerprint density at radius 2 is 2.11 bits per heavy atom. The summed E-state index contributed by atoms with van der Waals surface area (Å²) in [6.45, 7) is 0.482. The van der Waals surface area contributed by atoms with E-state index < -0.39 is 4.92 Å². The second-order valence-corrected chi connectivity index (χ2v) is 3.73. The molecule has 0 bridgehead atoms. The fourth-order valence-electron chi connectivity index (χ4n) is 1.45. The normalized spacial score (nSPS) is 10.1. The topological polar surface area (TPSA) is 89.7 Å². The second kappa shape index (κ2) is 7.39. The van der Waals surface area contributed by atoms with Gasteiger partial charge in [-0.1, -0.05) is 0 Å². The fraction of sp³-hybridized carbons (Fsp3) is 0.417. The molecular formula is C12H15NO5. The van der Waals surface area contributed by atoms with Crippen LogP contribution in [-0.4, -0.2) is 29.5 Å². The Balaban J connectivity index is 2.64. The van der Waals surface area contributed by atoms with Crippen LogP contribution in [0.3, 0.4) is 0 Å². The lowest BCUT2D eigenvalue weighted by atomic mass is 10.2. The number of carbonyl (C=O) groups is 1.